The highest BCUT2D eigenvalue weighted by Gasteiger charge is 2.59. The first-order valence-corrected chi connectivity index (χ1v) is 13.2. The molecule has 1 N–H and O–H groups in total. The van der Waals surface area contributed by atoms with Crippen LogP contribution >= 0.6 is 23.1 Å². The Balaban J connectivity index is 1.17. The van der Waals surface area contributed by atoms with Gasteiger partial charge in [-0.1, -0.05) is 36.0 Å². The Kier molecular flexibility index (Phi) is 5.11. The Morgan fingerprint density at radius 1 is 1.09 bits per heavy atom. The van der Waals surface area contributed by atoms with Gasteiger partial charge in [0.15, 0.2) is 4.34 Å². The van der Waals surface area contributed by atoms with Gasteiger partial charge in [-0.2, -0.15) is 0 Å². The van der Waals surface area contributed by atoms with Crippen molar-refractivity contribution in [2.24, 2.45) is 23.7 Å². The van der Waals surface area contributed by atoms with Crippen LogP contribution in [0, 0.1) is 37.5 Å². The lowest BCUT2D eigenvalue weighted by molar-refractivity contribution is -0.123. The Labute approximate surface area is 205 Å². The van der Waals surface area contributed by atoms with Crippen LogP contribution < -0.4 is 10.2 Å². The topological polar surface area (TPSA) is 79.4 Å². The molecule has 1 aromatic heterocycles. The molecule has 0 spiro atoms. The summed E-state index contributed by atoms with van der Waals surface area (Å²) in [6.07, 6.45) is 5.13. The van der Waals surface area contributed by atoms with Gasteiger partial charge in [-0.25, -0.2) is 9.88 Å². The Bertz CT molecular complexity index is 1370. The van der Waals surface area contributed by atoms with Crippen LogP contribution in [0.3, 0.4) is 0 Å². The minimum Gasteiger partial charge on any atom is -0.325 e. The molecule has 2 bridgehead atoms. The number of allylic oxidation sites excluding steroid dienone is 2. The van der Waals surface area contributed by atoms with E-state index in [-0.39, 0.29) is 47.1 Å². The summed E-state index contributed by atoms with van der Waals surface area (Å²) >= 11 is 2.86. The van der Waals surface area contributed by atoms with Crippen LogP contribution in [0.1, 0.15) is 17.5 Å². The number of aromatic nitrogens is 1. The number of anilines is 2. The normalized spacial score (nSPS) is 24.9. The number of hydrogen-bond donors (Lipinski definition) is 1. The van der Waals surface area contributed by atoms with Gasteiger partial charge in [-0.05, 0) is 67.5 Å². The van der Waals surface area contributed by atoms with Gasteiger partial charge in [0.05, 0.1) is 33.5 Å². The summed E-state index contributed by atoms with van der Waals surface area (Å²) < 4.78 is 1.68. The van der Waals surface area contributed by atoms with Crippen molar-refractivity contribution < 1.29 is 14.4 Å². The molecule has 2 aromatic carbocycles. The molecule has 3 aromatic rings. The van der Waals surface area contributed by atoms with Crippen molar-refractivity contribution in [2.75, 3.05) is 16.0 Å². The van der Waals surface area contributed by atoms with Gasteiger partial charge in [-0.15, -0.1) is 11.3 Å². The maximum Gasteiger partial charge on any atom is 0.238 e. The maximum absolute atomic E-state index is 13.1. The second-order valence-corrected chi connectivity index (χ2v) is 11.6. The predicted octanol–water partition coefficient (Wildman–Crippen LogP) is 4.96. The number of thioether (sulfide) groups is 1. The van der Waals surface area contributed by atoms with Crippen LogP contribution in [0.2, 0.25) is 0 Å². The van der Waals surface area contributed by atoms with E-state index in [4.69, 9.17) is 0 Å². The summed E-state index contributed by atoms with van der Waals surface area (Å²) in [7, 11) is 0. The number of nitrogens with one attached hydrogen (secondary N) is 1. The molecule has 1 aliphatic heterocycles. The van der Waals surface area contributed by atoms with Crippen LogP contribution in [0.5, 0.6) is 0 Å². The lowest BCUT2D eigenvalue weighted by Crippen LogP contribution is -2.32. The Hall–Kier alpha value is -2.97. The number of carbonyl (C=O) groups excluding carboxylic acids is 3. The molecule has 2 fully saturated rings. The SMILES string of the molecule is Cc1ccc(C)c(NC(=O)CSc2nc3ccc(N4C(=O)[C@H]5[C@H](C4=O)[C@H]4C=C[C@H]5C4)cc3s2)c1. The highest BCUT2D eigenvalue weighted by Crippen LogP contribution is 2.53. The monoisotopic (exact) mass is 489 g/mol. The summed E-state index contributed by atoms with van der Waals surface area (Å²) in [5.74, 6) is -0.00343. The molecule has 0 radical (unpaired) electrons. The Morgan fingerprint density at radius 3 is 2.56 bits per heavy atom. The molecule has 2 aliphatic carbocycles. The molecule has 8 heteroatoms. The number of hydrogen-bond acceptors (Lipinski definition) is 6. The zero-order valence-corrected chi connectivity index (χ0v) is 20.4. The van der Waals surface area contributed by atoms with Crippen molar-refractivity contribution >= 4 is 62.4 Å². The van der Waals surface area contributed by atoms with Crippen LogP contribution in [0.4, 0.5) is 11.4 Å². The summed E-state index contributed by atoms with van der Waals surface area (Å²) in [4.78, 5) is 44.7. The lowest BCUT2D eigenvalue weighted by atomic mass is 9.85. The molecule has 0 unspecified atom stereocenters. The smallest absolute Gasteiger partial charge is 0.238 e. The van der Waals surface area contributed by atoms with Crippen LogP contribution in [-0.4, -0.2) is 28.5 Å². The highest BCUT2D eigenvalue weighted by atomic mass is 32.2. The molecule has 1 saturated carbocycles. The van der Waals surface area contributed by atoms with E-state index in [1.165, 1.54) is 28.0 Å². The zero-order chi connectivity index (χ0) is 23.6. The van der Waals surface area contributed by atoms with Crippen molar-refractivity contribution in [2.45, 2.75) is 24.6 Å². The molecule has 6 nitrogen and oxygen atoms in total. The molecule has 3 aliphatic rings. The van der Waals surface area contributed by atoms with Gasteiger partial charge < -0.3 is 5.32 Å². The Morgan fingerprint density at radius 2 is 1.82 bits per heavy atom. The standard InChI is InChI=1S/C26H23N3O3S2/c1-13-3-4-14(2)19(9-13)27-21(30)12-33-26-28-18-8-7-17(11-20(18)34-26)29-24(31)22-15-5-6-16(10-15)23(22)25(29)32/h3-9,11,15-16,22-23H,10,12H2,1-2H3,(H,27,30)/t15-,16-,22+,23+/m0/s1. The van der Waals surface area contributed by atoms with E-state index >= 15 is 0 Å². The average molecular weight is 490 g/mol. The predicted molar refractivity (Wildman–Crippen MR) is 135 cm³/mol. The number of rotatable bonds is 5. The first kappa shape index (κ1) is 21.6. The first-order chi connectivity index (χ1) is 16.4. The number of carbonyl (C=O) groups is 3. The van der Waals surface area contributed by atoms with Gasteiger partial charge in [0, 0.05) is 5.69 Å². The van der Waals surface area contributed by atoms with Crippen molar-refractivity contribution in [3.63, 3.8) is 0 Å². The van der Waals surface area contributed by atoms with Crippen molar-refractivity contribution in [1.29, 1.82) is 0 Å². The van der Waals surface area contributed by atoms with Gasteiger partial charge in [-0.3, -0.25) is 14.4 Å². The van der Waals surface area contributed by atoms with E-state index in [2.05, 4.69) is 22.5 Å². The summed E-state index contributed by atoms with van der Waals surface area (Å²) in [5, 5.41) is 2.97. The molecular formula is C26H23N3O3S2. The van der Waals surface area contributed by atoms with Crippen LogP contribution in [-0.2, 0) is 14.4 Å². The fourth-order valence-corrected chi connectivity index (χ4v) is 7.34. The number of amides is 3. The third kappa shape index (κ3) is 3.47. The minimum atomic E-state index is -0.207. The molecule has 6 rings (SSSR count). The van der Waals surface area contributed by atoms with E-state index in [1.807, 2.05) is 44.2 Å². The fraction of sp³-hybridized carbons (Fsp3) is 0.308. The van der Waals surface area contributed by atoms with E-state index in [9.17, 15) is 14.4 Å². The van der Waals surface area contributed by atoms with E-state index in [1.54, 1.807) is 6.07 Å². The quantitative estimate of drug-likeness (QED) is 0.311. The van der Waals surface area contributed by atoms with Gasteiger partial charge >= 0.3 is 0 Å². The largest absolute Gasteiger partial charge is 0.325 e. The van der Waals surface area contributed by atoms with Gasteiger partial charge in [0.2, 0.25) is 17.7 Å². The van der Waals surface area contributed by atoms with Crippen molar-refractivity contribution in [3.8, 4) is 0 Å². The molecule has 1 saturated heterocycles. The van der Waals surface area contributed by atoms with Crippen LogP contribution in [0.15, 0.2) is 52.9 Å². The summed E-state index contributed by atoms with van der Waals surface area (Å²) in [6.45, 7) is 3.97. The number of nitrogens with zero attached hydrogens (tertiary/aromatic N) is 2. The molecule has 2 heterocycles. The second-order valence-electron chi connectivity index (χ2n) is 9.30. The molecular weight excluding hydrogens is 466 g/mol. The van der Waals surface area contributed by atoms with E-state index in [0.29, 0.717) is 5.69 Å². The number of thiazole rings is 1. The maximum atomic E-state index is 13.1. The number of fused-ring (bicyclic) bond motifs is 6. The minimum absolute atomic E-state index is 0.0755. The number of aryl methyl sites for hydroxylation is 2. The third-order valence-electron chi connectivity index (χ3n) is 7.07. The van der Waals surface area contributed by atoms with Crippen LogP contribution in [0.25, 0.3) is 10.2 Å². The molecule has 3 amide bonds. The summed E-state index contributed by atoms with van der Waals surface area (Å²) in [6, 6.07) is 11.5. The lowest BCUT2D eigenvalue weighted by Gasteiger charge is -2.17. The fourth-order valence-electron chi connectivity index (χ4n) is 5.43. The molecule has 4 atom stereocenters. The molecule has 34 heavy (non-hydrogen) atoms. The van der Waals surface area contributed by atoms with E-state index in [0.717, 1.165) is 37.8 Å². The first-order valence-electron chi connectivity index (χ1n) is 11.4. The number of imide groups is 1. The third-order valence-corrected chi connectivity index (χ3v) is 9.24. The molecule has 172 valence electrons. The van der Waals surface area contributed by atoms with Gasteiger partial charge in [0.25, 0.3) is 0 Å². The average Bonchev–Trinajstić information content (AvgIpc) is 3.57. The summed E-state index contributed by atoms with van der Waals surface area (Å²) in [5.41, 5.74) is 4.36. The van der Waals surface area contributed by atoms with Crippen molar-refractivity contribution in [1.82, 2.24) is 4.98 Å². The zero-order valence-electron chi connectivity index (χ0n) is 18.8. The highest BCUT2D eigenvalue weighted by molar-refractivity contribution is 8.01. The van der Waals surface area contributed by atoms with Gasteiger partial charge in [0.1, 0.15) is 0 Å². The van der Waals surface area contributed by atoms with Crippen molar-refractivity contribution in [3.05, 3.63) is 59.7 Å². The van der Waals surface area contributed by atoms with E-state index < -0.39 is 0 Å². The second kappa shape index (κ2) is 8.06. The number of benzene rings is 2.